The van der Waals surface area contributed by atoms with Gasteiger partial charge in [-0.1, -0.05) is 60.7 Å². The zero-order valence-electron chi connectivity index (χ0n) is 18.5. The van der Waals surface area contributed by atoms with Gasteiger partial charge in [-0.2, -0.15) is 0 Å². The van der Waals surface area contributed by atoms with Gasteiger partial charge in [-0.25, -0.2) is 0 Å². The molecule has 32 heavy (non-hydrogen) atoms. The molecule has 4 N–H and O–H groups in total. The Kier molecular flexibility index (Phi) is 11.7. The van der Waals surface area contributed by atoms with Crippen molar-refractivity contribution in [1.82, 2.24) is 5.32 Å². The normalized spacial score (nSPS) is 19.4. The highest BCUT2D eigenvalue weighted by molar-refractivity contribution is 5.95. The van der Waals surface area contributed by atoms with Crippen LogP contribution in [-0.2, 0) is 16.0 Å². The first-order valence-electron chi connectivity index (χ1n) is 11.3. The minimum atomic E-state index is -0.605. The van der Waals surface area contributed by atoms with Crippen LogP contribution in [0.2, 0.25) is 0 Å². The van der Waals surface area contributed by atoms with E-state index in [0.29, 0.717) is 19.3 Å². The molecule has 3 atom stereocenters. The number of nitrogens with one attached hydrogen (secondary N) is 1. The van der Waals surface area contributed by atoms with Gasteiger partial charge in [-0.05, 0) is 49.7 Å². The number of ketones is 1. The third kappa shape index (κ3) is 9.30. The molecule has 0 saturated carbocycles. The highest BCUT2D eigenvalue weighted by Gasteiger charge is 2.26. The summed E-state index contributed by atoms with van der Waals surface area (Å²) in [4.78, 5) is 23.9. The summed E-state index contributed by atoms with van der Waals surface area (Å²) >= 11 is 0. The molecule has 0 aromatic heterocycles. The molecule has 0 fully saturated rings. The Bertz CT molecular complexity index is 783. The van der Waals surface area contributed by atoms with Crippen LogP contribution in [0, 0.1) is 11.8 Å². The molecule has 1 aliphatic rings. The lowest BCUT2D eigenvalue weighted by Gasteiger charge is -2.14. The van der Waals surface area contributed by atoms with Crippen LogP contribution in [0.4, 0.5) is 0 Å². The number of benzene rings is 1. The maximum absolute atomic E-state index is 12.2. The molecule has 0 spiro atoms. The van der Waals surface area contributed by atoms with Crippen molar-refractivity contribution in [2.24, 2.45) is 11.8 Å². The molecule has 174 valence electrons. The fraction of sp³-hybridized carbons (Fsp3) is 0.462. The molecule has 1 aromatic carbocycles. The number of allylic oxidation sites excluding steroid dienone is 5. The molecule has 6 heteroatoms. The lowest BCUT2D eigenvalue weighted by Crippen LogP contribution is -2.39. The number of unbranched alkanes of at least 4 members (excludes halogenated alkanes) is 1. The van der Waals surface area contributed by atoms with Crippen LogP contribution in [-0.4, -0.2) is 52.4 Å². The van der Waals surface area contributed by atoms with Crippen LogP contribution in [0.1, 0.15) is 37.7 Å². The van der Waals surface area contributed by atoms with E-state index in [1.807, 2.05) is 54.6 Å². The summed E-state index contributed by atoms with van der Waals surface area (Å²) in [6.07, 6.45) is 14.4. The molecule has 0 unspecified atom stereocenters. The van der Waals surface area contributed by atoms with E-state index < -0.39 is 12.1 Å². The molecule has 1 amide bonds. The largest absolute Gasteiger partial charge is 0.394 e. The van der Waals surface area contributed by atoms with Crippen LogP contribution in [0.15, 0.2) is 66.8 Å². The Balaban J connectivity index is 1.69. The average molecular weight is 442 g/mol. The second-order valence-electron chi connectivity index (χ2n) is 8.16. The molecule has 2 rings (SSSR count). The monoisotopic (exact) mass is 441 g/mol. The number of rotatable bonds is 14. The number of aliphatic hydroxyl groups excluding tert-OH is 3. The number of carbonyl (C=O) groups is 2. The van der Waals surface area contributed by atoms with Crippen molar-refractivity contribution in [2.45, 2.75) is 50.7 Å². The number of hydrogen-bond donors (Lipinski definition) is 4. The van der Waals surface area contributed by atoms with Gasteiger partial charge in [0.15, 0.2) is 5.78 Å². The predicted molar refractivity (Wildman–Crippen MR) is 125 cm³/mol. The SMILES string of the molecule is O=C(CCC/C=C\C[C@H]1C=CC(=O)[C@@H]1/C=C/[C@@H](O)CCc1ccccc1)NC(CO)CO. The Morgan fingerprint density at radius 2 is 1.88 bits per heavy atom. The van der Waals surface area contributed by atoms with E-state index in [1.165, 1.54) is 5.56 Å². The molecular weight excluding hydrogens is 406 g/mol. The van der Waals surface area contributed by atoms with Crippen LogP contribution in [0.3, 0.4) is 0 Å². The van der Waals surface area contributed by atoms with Crippen molar-refractivity contribution < 1.29 is 24.9 Å². The molecule has 1 aromatic rings. The first-order valence-corrected chi connectivity index (χ1v) is 11.3. The molecule has 0 bridgehead atoms. The minimum Gasteiger partial charge on any atom is -0.394 e. The zero-order valence-corrected chi connectivity index (χ0v) is 18.5. The highest BCUT2D eigenvalue weighted by Crippen LogP contribution is 2.27. The first-order chi connectivity index (χ1) is 15.5. The average Bonchev–Trinajstić information content (AvgIpc) is 3.16. The van der Waals surface area contributed by atoms with Crippen molar-refractivity contribution >= 4 is 11.7 Å². The van der Waals surface area contributed by atoms with Gasteiger partial charge in [-0.15, -0.1) is 0 Å². The minimum absolute atomic E-state index is 0.0638. The third-order valence-corrected chi connectivity index (χ3v) is 5.57. The summed E-state index contributed by atoms with van der Waals surface area (Å²) in [5, 5.41) is 30.8. The highest BCUT2D eigenvalue weighted by atomic mass is 16.3. The summed E-state index contributed by atoms with van der Waals surface area (Å²) < 4.78 is 0. The van der Waals surface area contributed by atoms with Gasteiger partial charge in [0, 0.05) is 12.3 Å². The van der Waals surface area contributed by atoms with Gasteiger partial charge < -0.3 is 20.6 Å². The maximum atomic E-state index is 12.2. The van der Waals surface area contributed by atoms with Gasteiger partial charge >= 0.3 is 0 Å². The Morgan fingerprint density at radius 3 is 2.59 bits per heavy atom. The van der Waals surface area contributed by atoms with Gasteiger partial charge in [0.05, 0.1) is 25.4 Å². The second kappa shape index (κ2) is 14.5. The van der Waals surface area contributed by atoms with E-state index in [0.717, 1.165) is 19.3 Å². The van der Waals surface area contributed by atoms with Crippen LogP contribution in [0.5, 0.6) is 0 Å². The number of amides is 1. The van der Waals surface area contributed by atoms with E-state index in [1.54, 1.807) is 12.2 Å². The standard InChI is InChI=1S/C26H35NO5/c28-18-22(19-29)27-26(32)11-7-2-1-6-10-21-13-17-25(31)24(21)16-15-23(30)14-12-20-8-4-3-5-9-20/h1,3-6,8-9,13,15-17,21-24,28-30H,2,7,10-12,14,18-19H2,(H,27,32)/b6-1-,16-15+/t21-,23-,24+/m0/s1. The summed E-state index contributed by atoms with van der Waals surface area (Å²) in [6, 6.07) is 9.41. The summed E-state index contributed by atoms with van der Waals surface area (Å²) in [6.45, 7) is -0.565. The van der Waals surface area contributed by atoms with Crippen molar-refractivity contribution in [2.75, 3.05) is 13.2 Å². The lowest BCUT2D eigenvalue weighted by molar-refractivity contribution is -0.122. The summed E-state index contributed by atoms with van der Waals surface area (Å²) in [5.41, 5.74) is 1.18. The molecule has 0 saturated heterocycles. The Morgan fingerprint density at radius 1 is 1.12 bits per heavy atom. The van der Waals surface area contributed by atoms with Gasteiger partial charge in [-0.3, -0.25) is 9.59 Å². The third-order valence-electron chi connectivity index (χ3n) is 5.57. The molecule has 0 heterocycles. The van der Waals surface area contributed by atoms with E-state index in [4.69, 9.17) is 10.2 Å². The molecular formula is C26H35NO5. The van der Waals surface area contributed by atoms with Crippen molar-refractivity contribution in [3.8, 4) is 0 Å². The Labute approximate surface area is 190 Å². The topological polar surface area (TPSA) is 107 Å². The Hall–Kier alpha value is -2.54. The number of aryl methyl sites for hydroxylation is 1. The zero-order chi connectivity index (χ0) is 23.2. The van der Waals surface area contributed by atoms with E-state index in [9.17, 15) is 14.7 Å². The van der Waals surface area contributed by atoms with E-state index in [2.05, 4.69) is 5.32 Å². The lowest BCUT2D eigenvalue weighted by atomic mass is 9.90. The number of hydrogen-bond acceptors (Lipinski definition) is 5. The number of aliphatic hydroxyl groups is 3. The second-order valence-corrected chi connectivity index (χ2v) is 8.16. The van der Waals surface area contributed by atoms with Crippen molar-refractivity contribution in [1.29, 1.82) is 0 Å². The molecule has 6 nitrogen and oxygen atoms in total. The maximum Gasteiger partial charge on any atom is 0.220 e. The van der Waals surface area contributed by atoms with Crippen LogP contribution in [0.25, 0.3) is 0 Å². The summed E-state index contributed by atoms with van der Waals surface area (Å²) in [7, 11) is 0. The quantitative estimate of drug-likeness (QED) is 0.262. The van der Waals surface area contributed by atoms with Crippen LogP contribution < -0.4 is 5.32 Å². The van der Waals surface area contributed by atoms with Crippen molar-refractivity contribution in [3.05, 3.63) is 72.4 Å². The van der Waals surface area contributed by atoms with Crippen molar-refractivity contribution in [3.63, 3.8) is 0 Å². The van der Waals surface area contributed by atoms with Gasteiger partial charge in [0.25, 0.3) is 0 Å². The summed E-state index contributed by atoms with van der Waals surface area (Å²) in [5.74, 6) is -0.291. The molecule has 0 radical (unpaired) electrons. The smallest absolute Gasteiger partial charge is 0.220 e. The predicted octanol–water partition coefficient (Wildman–Crippen LogP) is 2.49. The molecule has 0 aliphatic heterocycles. The van der Waals surface area contributed by atoms with E-state index >= 15 is 0 Å². The van der Waals surface area contributed by atoms with Crippen LogP contribution >= 0.6 is 0 Å². The van der Waals surface area contributed by atoms with Gasteiger partial charge in [0.2, 0.25) is 5.91 Å². The fourth-order valence-electron chi connectivity index (χ4n) is 3.63. The fourth-order valence-corrected chi connectivity index (χ4v) is 3.63. The first kappa shape index (κ1) is 25.7. The van der Waals surface area contributed by atoms with Gasteiger partial charge in [0.1, 0.15) is 0 Å². The molecule has 1 aliphatic carbocycles. The number of carbonyl (C=O) groups excluding carboxylic acids is 2. The van der Waals surface area contributed by atoms with E-state index in [-0.39, 0.29) is 36.7 Å².